The summed E-state index contributed by atoms with van der Waals surface area (Å²) in [5.74, 6) is -0.420. The van der Waals surface area contributed by atoms with Crippen LogP contribution in [-0.4, -0.2) is 11.7 Å². The molecule has 0 fully saturated rings. The highest BCUT2D eigenvalue weighted by Crippen LogP contribution is 2.24. The van der Waals surface area contributed by atoms with Crippen LogP contribution in [0.4, 0.5) is 4.39 Å². The van der Waals surface area contributed by atoms with Gasteiger partial charge in [-0.1, -0.05) is 23.7 Å². The molecule has 5 heteroatoms. The van der Waals surface area contributed by atoms with Gasteiger partial charge in [0.15, 0.2) is 0 Å². The number of hydrogen-bond donors (Lipinski definition) is 2. The van der Waals surface area contributed by atoms with E-state index in [1.54, 1.807) is 19.1 Å². The summed E-state index contributed by atoms with van der Waals surface area (Å²) in [6.45, 7) is 2.72. The minimum Gasteiger partial charge on any atom is -0.383 e. The van der Waals surface area contributed by atoms with Gasteiger partial charge in [0.25, 0.3) is 0 Å². The zero-order chi connectivity index (χ0) is 13.9. The quantitative estimate of drug-likeness (QED) is 0.885. The molecule has 19 heavy (non-hydrogen) atoms. The first kappa shape index (κ1) is 14.5. The Balaban J connectivity index is 1.91. The number of hydrogen-bond acceptors (Lipinski definition) is 3. The van der Waals surface area contributed by atoms with Crippen molar-refractivity contribution in [2.45, 2.75) is 19.1 Å². The Morgan fingerprint density at radius 3 is 2.84 bits per heavy atom. The monoisotopic (exact) mass is 299 g/mol. The Kier molecular flexibility index (Phi) is 4.58. The van der Waals surface area contributed by atoms with Gasteiger partial charge in [-0.15, -0.1) is 11.3 Å². The van der Waals surface area contributed by atoms with Gasteiger partial charge >= 0.3 is 0 Å². The molecule has 2 N–H and O–H groups in total. The standard InChI is InChI=1S/C14H15ClFNOS/c1-14(18,13-3-2-6-19-13)9-17-8-10-4-5-12(16)11(15)7-10/h2-7,17-18H,8-9H2,1H3. The van der Waals surface area contributed by atoms with Gasteiger partial charge in [0.05, 0.1) is 5.02 Å². The molecular formula is C14H15ClFNOS. The Bertz CT molecular complexity index is 542. The largest absolute Gasteiger partial charge is 0.383 e. The smallest absolute Gasteiger partial charge is 0.141 e. The molecule has 0 aliphatic rings. The van der Waals surface area contributed by atoms with E-state index in [0.29, 0.717) is 13.1 Å². The van der Waals surface area contributed by atoms with Gasteiger partial charge < -0.3 is 10.4 Å². The predicted octanol–water partition coefficient (Wildman–Crippen LogP) is 3.54. The van der Waals surface area contributed by atoms with Crippen LogP contribution in [-0.2, 0) is 12.1 Å². The molecule has 1 atom stereocenters. The summed E-state index contributed by atoms with van der Waals surface area (Å²) in [5, 5.41) is 15.5. The van der Waals surface area contributed by atoms with Crippen molar-refractivity contribution in [3.8, 4) is 0 Å². The number of aliphatic hydroxyl groups is 1. The number of halogens is 2. The Morgan fingerprint density at radius 2 is 2.21 bits per heavy atom. The first-order valence-corrected chi connectivity index (χ1v) is 7.16. The Hall–Kier alpha value is -0.940. The SMILES string of the molecule is CC(O)(CNCc1ccc(F)c(Cl)c1)c1cccs1. The summed E-state index contributed by atoms with van der Waals surface area (Å²) < 4.78 is 13.0. The second-order valence-electron chi connectivity index (χ2n) is 4.60. The van der Waals surface area contributed by atoms with Gasteiger partial charge in [0.1, 0.15) is 11.4 Å². The van der Waals surface area contributed by atoms with E-state index in [9.17, 15) is 9.50 Å². The van der Waals surface area contributed by atoms with Crippen LogP contribution in [0.2, 0.25) is 5.02 Å². The summed E-state index contributed by atoms with van der Waals surface area (Å²) >= 11 is 7.23. The van der Waals surface area contributed by atoms with Gasteiger partial charge in [-0.2, -0.15) is 0 Å². The molecule has 2 aromatic rings. The van der Waals surface area contributed by atoms with E-state index in [0.717, 1.165) is 10.4 Å². The minimum absolute atomic E-state index is 0.115. The van der Waals surface area contributed by atoms with Crippen LogP contribution >= 0.6 is 22.9 Å². The molecule has 0 bridgehead atoms. The summed E-state index contributed by atoms with van der Waals surface area (Å²) in [5.41, 5.74) is -0.0220. The third-order valence-corrected chi connectivity index (χ3v) is 4.25. The van der Waals surface area contributed by atoms with E-state index in [2.05, 4.69) is 5.32 Å². The molecule has 0 aliphatic heterocycles. The summed E-state index contributed by atoms with van der Waals surface area (Å²) in [6.07, 6.45) is 0. The molecule has 0 aliphatic carbocycles. The fourth-order valence-corrected chi connectivity index (χ4v) is 2.76. The lowest BCUT2D eigenvalue weighted by atomic mass is 10.1. The second-order valence-corrected chi connectivity index (χ2v) is 5.96. The van der Waals surface area contributed by atoms with Gasteiger partial charge in [0.2, 0.25) is 0 Å². The average molecular weight is 300 g/mol. The second kappa shape index (κ2) is 6.01. The van der Waals surface area contributed by atoms with E-state index in [4.69, 9.17) is 11.6 Å². The lowest BCUT2D eigenvalue weighted by Crippen LogP contribution is -2.34. The van der Waals surface area contributed by atoms with Crippen LogP contribution in [0, 0.1) is 5.82 Å². The van der Waals surface area contributed by atoms with Crippen molar-refractivity contribution in [3.63, 3.8) is 0 Å². The Labute approximate surface area is 120 Å². The van der Waals surface area contributed by atoms with E-state index in [-0.39, 0.29) is 5.02 Å². The van der Waals surface area contributed by atoms with Gasteiger partial charge in [-0.05, 0) is 36.1 Å². The van der Waals surface area contributed by atoms with Crippen LogP contribution in [0.15, 0.2) is 35.7 Å². The van der Waals surface area contributed by atoms with Crippen molar-refractivity contribution in [3.05, 3.63) is 57.0 Å². The average Bonchev–Trinajstić information content (AvgIpc) is 2.88. The highest BCUT2D eigenvalue weighted by molar-refractivity contribution is 7.10. The van der Waals surface area contributed by atoms with Crippen molar-refractivity contribution in [2.24, 2.45) is 0 Å². The van der Waals surface area contributed by atoms with E-state index in [1.807, 2.05) is 17.5 Å². The molecule has 1 unspecified atom stereocenters. The molecular weight excluding hydrogens is 285 g/mol. The molecule has 1 heterocycles. The maximum absolute atomic E-state index is 13.0. The molecule has 1 aromatic heterocycles. The van der Waals surface area contributed by atoms with Crippen LogP contribution in [0.25, 0.3) is 0 Å². The van der Waals surface area contributed by atoms with Gasteiger partial charge in [0, 0.05) is 18.0 Å². The molecule has 2 nitrogen and oxygen atoms in total. The highest BCUT2D eigenvalue weighted by atomic mass is 35.5. The van der Waals surface area contributed by atoms with Crippen molar-refractivity contribution >= 4 is 22.9 Å². The fraction of sp³-hybridized carbons (Fsp3) is 0.286. The first-order valence-electron chi connectivity index (χ1n) is 5.90. The van der Waals surface area contributed by atoms with Gasteiger partial charge in [-0.25, -0.2) is 4.39 Å². The molecule has 0 amide bonds. The highest BCUT2D eigenvalue weighted by Gasteiger charge is 2.23. The molecule has 0 radical (unpaired) electrons. The summed E-state index contributed by atoms with van der Waals surface area (Å²) in [7, 11) is 0. The van der Waals surface area contributed by atoms with Gasteiger partial charge in [-0.3, -0.25) is 0 Å². The summed E-state index contributed by atoms with van der Waals surface area (Å²) in [6, 6.07) is 8.42. The number of thiophene rings is 1. The predicted molar refractivity (Wildman–Crippen MR) is 77.0 cm³/mol. The van der Waals surface area contributed by atoms with Crippen molar-refractivity contribution in [1.29, 1.82) is 0 Å². The molecule has 0 spiro atoms. The molecule has 2 rings (SSSR count). The third-order valence-electron chi connectivity index (χ3n) is 2.83. The van der Waals surface area contributed by atoms with Crippen LogP contribution < -0.4 is 5.32 Å². The zero-order valence-corrected chi connectivity index (χ0v) is 12.1. The molecule has 1 aromatic carbocycles. The maximum Gasteiger partial charge on any atom is 0.141 e. The van der Waals surface area contributed by atoms with Crippen molar-refractivity contribution < 1.29 is 9.50 Å². The fourth-order valence-electron chi connectivity index (χ4n) is 1.77. The molecule has 0 saturated heterocycles. The van der Waals surface area contributed by atoms with E-state index >= 15 is 0 Å². The normalized spacial score (nSPS) is 14.3. The lowest BCUT2D eigenvalue weighted by Gasteiger charge is -2.22. The van der Waals surface area contributed by atoms with E-state index < -0.39 is 11.4 Å². The van der Waals surface area contributed by atoms with Crippen molar-refractivity contribution in [2.75, 3.05) is 6.54 Å². The zero-order valence-electron chi connectivity index (χ0n) is 10.5. The molecule has 102 valence electrons. The lowest BCUT2D eigenvalue weighted by molar-refractivity contribution is 0.0604. The minimum atomic E-state index is -0.905. The summed E-state index contributed by atoms with van der Waals surface area (Å²) in [4.78, 5) is 0.914. The Morgan fingerprint density at radius 1 is 1.42 bits per heavy atom. The number of benzene rings is 1. The van der Waals surface area contributed by atoms with E-state index in [1.165, 1.54) is 17.4 Å². The third kappa shape index (κ3) is 3.76. The van der Waals surface area contributed by atoms with Crippen LogP contribution in [0.3, 0.4) is 0 Å². The maximum atomic E-state index is 13.0. The molecule has 0 saturated carbocycles. The van der Waals surface area contributed by atoms with Crippen LogP contribution in [0.5, 0.6) is 0 Å². The topological polar surface area (TPSA) is 32.3 Å². The number of nitrogens with one attached hydrogen (secondary N) is 1. The van der Waals surface area contributed by atoms with Crippen molar-refractivity contribution in [1.82, 2.24) is 5.32 Å². The first-order chi connectivity index (χ1) is 8.99. The number of rotatable bonds is 5. The van der Waals surface area contributed by atoms with Crippen LogP contribution in [0.1, 0.15) is 17.4 Å².